The number of carbonyl (C=O) groups is 1. The van der Waals surface area contributed by atoms with Crippen LogP contribution in [0, 0.1) is 0 Å². The number of H-pyrrole nitrogens is 1. The van der Waals surface area contributed by atoms with Gasteiger partial charge in [-0.05, 0) is 25.7 Å². The molecule has 4 rings (SSSR count). The SMILES string of the molecule is Nc1cc(=O)[nH]c2nnc(SCC(=O)N(C3CCCCC3)C3CCCCC3)n12. The van der Waals surface area contributed by atoms with Crippen molar-refractivity contribution >= 4 is 29.3 Å². The van der Waals surface area contributed by atoms with Gasteiger partial charge in [-0.25, -0.2) is 4.40 Å². The van der Waals surface area contributed by atoms with Crippen molar-refractivity contribution in [2.45, 2.75) is 81.4 Å². The van der Waals surface area contributed by atoms with Gasteiger partial charge in [0, 0.05) is 18.2 Å². The maximum atomic E-state index is 13.3. The minimum Gasteiger partial charge on any atom is -0.385 e. The van der Waals surface area contributed by atoms with E-state index in [1.54, 1.807) is 4.40 Å². The van der Waals surface area contributed by atoms with E-state index in [4.69, 9.17) is 5.73 Å². The summed E-state index contributed by atoms with van der Waals surface area (Å²) in [4.78, 5) is 29.6. The summed E-state index contributed by atoms with van der Waals surface area (Å²) < 4.78 is 1.59. The zero-order chi connectivity index (χ0) is 19.5. The van der Waals surface area contributed by atoms with Crippen molar-refractivity contribution in [3.63, 3.8) is 0 Å². The molecule has 0 aromatic carbocycles. The van der Waals surface area contributed by atoms with Crippen LogP contribution in [0.4, 0.5) is 5.82 Å². The molecule has 2 saturated carbocycles. The number of aromatic amines is 1. The average Bonchev–Trinajstić information content (AvgIpc) is 3.11. The number of hydrogen-bond donors (Lipinski definition) is 2. The first-order valence-corrected chi connectivity index (χ1v) is 11.3. The van der Waals surface area contributed by atoms with Gasteiger partial charge in [-0.3, -0.25) is 14.6 Å². The Morgan fingerprint density at radius 3 is 2.32 bits per heavy atom. The van der Waals surface area contributed by atoms with Crippen LogP contribution >= 0.6 is 11.8 Å². The summed E-state index contributed by atoms with van der Waals surface area (Å²) in [6.07, 6.45) is 11.9. The first-order valence-electron chi connectivity index (χ1n) is 10.3. The molecule has 2 aliphatic carbocycles. The lowest BCUT2D eigenvalue weighted by Gasteiger charge is -2.41. The molecule has 0 saturated heterocycles. The average molecular weight is 405 g/mol. The molecule has 1 amide bonds. The van der Waals surface area contributed by atoms with Crippen molar-refractivity contribution in [3.8, 4) is 0 Å². The van der Waals surface area contributed by atoms with E-state index >= 15 is 0 Å². The number of hydrogen-bond acceptors (Lipinski definition) is 6. The van der Waals surface area contributed by atoms with Gasteiger partial charge in [0.25, 0.3) is 5.56 Å². The molecule has 0 radical (unpaired) electrons. The van der Waals surface area contributed by atoms with Crippen LogP contribution in [0.5, 0.6) is 0 Å². The molecule has 152 valence electrons. The Bertz CT molecular complexity index is 864. The second-order valence-corrected chi connectivity index (χ2v) is 8.82. The number of nitrogens with zero attached hydrogens (tertiary/aromatic N) is 4. The molecule has 2 heterocycles. The number of aromatic nitrogens is 4. The molecule has 0 spiro atoms. The molecule has 2 aliphatic rings. The lowest BCUT2D eigenvalue weighted by molar-refractivity contribution is -0.135. The van der Waals surface area contributed by atoms with Crippen LogP contribution in [0.25, 0.3) is 5.78 Å². The number of fused-ring (bicyclic) bond motifs is 1. The van der Waals surface area contributed by atoms with Crippen molar-refractivity contribution in [3.05, 3.63) is 16.4 Å². The zero-order valence-electron chi connectivity index (χ0n) is 16.1. The molecule has 0 unspecified atom stereocenters. The second-order valence-electron chi connectivity index (χ2n) is 7.87. The van der Waals surface area contributed by atoms with E-state index in [2.05, 4.69) is 20.1 Å². The van der Waals surface area contributed by atoms with Gasteiger partial charge in [0.1, 0.15) is 5.82 Å². The van der Waals surface area contributed by atoms with Crippen molar-refractivity contribution in [2.24, 2.45) is 0 Å². The van der Waals surface area contributed by atoms with Crippen LogP contribution < -0.4 is 11.3 Å². The largest absolute Gasteiger partial charge is 0.385 e. The fourth-order valence-electron chi connectivity index (χ4n) is 4.65. The molecule has 8 nitrogen and oxygen atoms in total. The van der Waals surface area contributed by atoms with E-state index in [9.17, 15) is 9.59 Å². The Kier molecular flexibility index (Phi) is 5.89. The highest BCUT2D eigenvalue weighted by molar-refractivity contribution is 7.99. The van der Waals surface area contributed by atoms with E-state index in [1.165, 1.54) is 56.4 Å². The van der Waals surface area contributed by atoms with Gasteiger partial charge < -0.3 is 10.6 Å². The third-order valence-corrected chi connectivity index (χ3v) is 6.87. The van der Waals surface area contributed by atoms with E-state index in [-0.39, 0.29) is 17.3 Å². The minimum absolute atomic E-state index is 0.184. The van der Waals surface area contributed by atoms with Crippen LogP contribution in [-0.4, -0.2) is 48.2 Å². The first-order chi connectivity index (χ1) is 13.6. The monoisotopic (exact) mass is 404 g/mol. The summed E-state index contributed by atoms with van der Waals surface area (Å²) >= 11 is 1.34. The number of thioether (sulfide) groups is 1. The summed E-state index contributed by atoms with van der Waals surface area (Å²) in [5, 5.41) is 8.61. The summed E-state index contributed by atoms with van der Waals surface area (Å²) in [5.74, 6) is 1.07. The van der Waals surface area contributed by atoms with Crippen LogP contribution in [-0.2, 0) is 4.79 Å². The van der Waals surface area contributed by atoms with E-state index in [0.717, 1.165) is 25.7 Å². The summed E-state index contributed by atoms with van der Waals surface area (Å²) in [6.45, 7) is 0. The molecule has 0 atom stereocenters. The topological polar surface area (TPSA) is 109 Å². The third kappa shape index (κ3) is 4.04. The Morgan fingerprint density at radius 2 is 1.71 bits per heavy atom. The third-order valence-electron chi connectivity index (χ3n) is 5.95. The molecule has 3 N–H and O–H groups in total. The molecular weight excluding hydrogens is 376 g/mol. The smallest absolute Gasteiger partial charge is 0.254 e. The minimum atomic E-state index is -0.314. The summed E-state index contributed by atoms with van der Waals surface area (Å²) in [7, 11) is 0. The molecule has 0 aliphatic heterocycles. The number of nitrogen functional groups attached to an aromatic ring is 1. The van der Waals surface area contributed by atoms with Crippen LogP contribution in [0.2, 0.25) is 0 Å². The van der Waals surface area contributed by atoms with Crippen LogP contribution in [0.1, 0.15) is 64.2 Å². The molecule has 2 fully saturated rings. The Hall–Kier alpha value is -2.03. The molecule has 0 bridgehead atoms. The molecule has 2 aromatic rings. The Labute approximate surface area is 168 Å². The van der Waals surface area contributed by atoms with Crippen molar-refractivity contribution in [1.82, 2.24) is 24.5 Å². The number of nitrogens with two attached hydrogens (primary N) is 1. The molecule has 2 aromatic heterocycles. The lowest BCUT2D eigenvalue weighted by atomic mass is 9.88. The molecular formula is C19H28N6O2S. The van der Waals surface area contributed by atoms with E-state index < -0.39 is 0 Å². The van der Waals surface area contributed by atoms with E-state index in [0.29, 0.717) is 28.8 Å². The highest BCUT2D eigenvalue weighted by Gasteiger charge is 2.32. The first kappa shape index (κ1) is 19.3. The van der Waals surface area contributed by atoms with Gasteiger partial charge in [0.05, 0.1) is 5.75 Å². The van der Waals surface area contributed by atoms with Crippen molar-refractivity contribution < 1.29 is 4.79 Å². The van der Waals surface area contributed by atoms with Gasteiger partial charge in [-0.2, -0.15) is 0 Å². The highest BCUT2D eigenvalue weighted by atomic mass is 32.2. The second kappa shape index (κ2) is 8.55. The molecule has 28 heavy (non-hydrogen) atoms. The van der Waals surface area contributed by atoms with E-state index in [1.807, 2.05) is 0 Å². The van der Waals surface area contributed by atoms with Crippen LogP contribution in [0.3, 0.4) is 0 Å². The number of rotatable bonds is 5. The standard InChI is InChI=1S/C19H28N6O2S/c20-15-11-16(26)21-18-22-23-19(25(15)18)28-12-17(27)24(13-7-3-1-4-8-13)14-9-5-2-6-10-14/h11,13-14H,1-10,12,20H2,(H,21,22,26). The number of anilines is 1. The van der Waals surface area contributed by atoms with Crippen molar-refractivity contribution in [1.29, 1.82) is 0 Å². The van der Waals surface area contributed by atoms with Gasteiger partial charge in [0.2, 0.25) is 11.7 Å². The summed E-state index contributed by atoms with van der Waals surface area (Å²) in [5.41, 5.74) is 5.64. The predicted molar refractivity (Wildman–Crippen MR) is 109 cm³/mol. The Balaban J connectivity index is 1.50. The van der Waals surface area contributed by atoms with Gasteiger partial charge in [0.15, 0.2) is 5.16 Å². The van der Waals surface area contributed by atoms with Gasteiger partial charge >= 0.3 is 0 Å². The number of amides is 1. The fourth-order valence-corrected chi connectivity index (χ4v) is 5.47. The maximum Gasteiger partial charge on any atom is 0.254 e. The number of nitrogens with one attached hydrogen (secondary N) is 1. The highest BCUT2D eigenvalue weighted by Crippen LogP contribution is 2.31. The van der Waals surface area contributed by atoms with Gasteiger partial charge in [-0.1, -0.05) is 50.3 Å². The predicted octanol–water partition coefficient (Wildman–Crippen LogP) is 2.59. The van der Waals surface area contributed by atoms with Crippen LogP contribution in [0.15, 0.2) is 16.0 Å². The number of carbonyl (C=O) groups excluding carboxylic acids is 1. The molecule has 9 heteroatoms. The van der Waals surface area contributed by atoms with Crippen molar-refractivity contribution in [2.75, 3.05) is 11.5 Å². The summed E-state index contributed by atoms with van der Waals surface area (Å²) in [6, 6.07) is 2.06. The lowest BCUT2D eigenvalue weighted by Crippen LogP contribution is -2.49. The quantitative estimate of drug-likeness (QED) is 0.741. The maximum absolute atomic E-state index is 13.3. The Morgan fingerprint density at radius 1 is 1.11 bits per heavy atom. The zero-order valence-corrected chi connectivity index (χ0v) is 16.9. The fraction of sp³-hybridized carbons (Fsp3) is 0.684. The van der Waals surface area contributed by atoms with Gasteiger partial charge in [-0.15, -0.1) is 10.2 Å². The normalized spacial score (nSPS) is 19.1.